The molecule has 0 atom stereocenters. The third-order valence-electron chi connectivity index (χ3n) is 4.42. The van der Waals surface area contributed by atoms with Gasteiger partial charge in [0.2, 0.25) is 0 Å². The summed E-state index contributed by atoms with van der Waals surface area (Å²) in [5.41, 5.74) is 1.67. The van der Waals surface area contributed by atoms with Crippen molar-refractivity contribution >= 4 is 39.2 Å². The number of thioether (sulfide) groups is 1. The van der Waals surface area contributed by atoms with Gasteiger partial charge in [0.05, 0.1) is 17.6 Å². The van der Waals surface area contributed by atoms with E-state index in [-0.39, 0.29) is 5.97 Å². The van der Waals surface area contributed by atoms with E-state index in [1.807, 2.05) is 12.1 Å². The molecule has 0 bridgehead atoms. The summed E-state index contributed by atoms with van der Waals surface area (Å²) >= 11 is 3.38. The Kier molecular flexibility index (Phi) is 5.45. The Bertz CT molecular complexity index is 1080. The zero-order valence-electron chi connectivity index (χ0n) is 15.6. The predicted octanol–water partition coefficient (Wildman–Crippen LogP) is 5.26. The van der Waals surface area contributed by atoms with Gasteiger partial charge in [0.1, 0.15) is 0 Å². The first-order valence-electron chi connectivity index (χ1n) is 8.91. The van der Waals surface area contributed by atoms with Crippen LogP contribution in [-0.4, -0.2) is 27.8 Å². The Morgan fingerprint density at radius 3 is 2.64 bits per heavy atom. The smallest absolute Gasteiger partial charge is 0.337 e. The molecule has 0 fully saturated rings. The van der Waals surface area contributed by atoms with E-state index in [2.05, 4.69) is 52.0 Å². The molecule has 5 nitrogen and oxygen atoms in total. The highest BCUT2D eigenvalue weighted by atomic mass is 32.2. The molecular weight excluding hydrogens is 390 g/mol. The van der Waals surface area contributed by atoms with E-state index in [1.54, 1.807) is 35.2 Å². The second-order valence-electron chi connectivity index (χ2n) is 6.18. The lowest BCUT2D eigenvalue weighted by Gasteiger charge is -2.06. The topological polar surface area (TPSA) is 57.0 Å². The number of benzene rings is 2. The zero-order valence-corrected chi connectivity index (χ0v) is 17.2. The normalized spacial score (nSPS) is 11.1. The zero-order chi connectivity index (χ0) is 19.5. The van der Waals surface area contributed by atoms with Crippen molar-refractivity contribution in [1.82, 2.24) is 14.8 Å². The minimum atomic E-state index is -0.321. The number of carbonyl (C=O) groups excluding carboxylic acids is 1. The molecule has 28 heavy (non-hydrogen) atoms. The number of methoxy groups -OCH3 is 1. The second-order valence-corrected chi connectivity index (χ2v) is 8.20. The first kappa shape index (κ1) is 18.7. The monoisotopic (exact) mass is 409 g/mol. The molecule has 2 heterocycles. The molecule has 0 spiro atoms. The van der Waals surface area contributed by atoms with Gasteiger partial charge in [0.15, 0.2) is 11.0 Å². The van der Waals surface area contributed by atoms with Gasteiger partial charge in [-0.2, -0.15) is 0 Å². The molecule has 0 unspecified atom stereocenters. The molecule has 2 aromatic carbocycles. The molecule has 0 aliphatic heterocycles. The molecule has 0 N–H and O–H groups in total. The Labute approximate surface area is 171 Å². The fourth-order valence-electron chi connectivity index (χ4n) is 2.96. The Balaban J connectivity index is 1.53. The van der Waals surface area contributed by atoms with E-state index in [0.29, 0.717) is 5.56 Å². The van der Waals surface area contributed by atoms with Crippen LogP contribution in [0.1, 0.15) is 22.8 Å². The highest BCUT2D eigenvalue weighted by Crippen LogP contribution is 2.34. The van der Waals surface area contributed by atoms with Crippen molar-refractivity contribution in [3.05, 3.63) is 65.7 Å². The molecule has 0 aliphatic rings. The van der Waals surface area contributed by atoms with Gasteiger partial charge < -0.3 is 9.30 Å². The number of rotatable bonds is 6. The number of hydrogen-bond donors (Lipinski definition) is 0. The van der Waals surface area contributed by atoms with Crippen molar-refractivity contribution in [2.75, 3.05) is 7.11 Å². The van der Waals surface area contributed by atoms with Crippen LogP contribution in [0, 0.1) is 0 Å². The summed E-state index contributed by atoms with van der Waals surface area (Å²) in [4.78, 5) is 12.7. The van der Waals surface area contributed by atoms with Crippen molar-refractivity contribution < 1.29 is 9.53 Å². The van der Waals surface area contributed by atoms with Gasteiger partial charge in [-0.25, -0.2) is 4.79 Å². The first-order valence-corrected chi connectivity index (χ1v) is 10.7. The van der Waals surface area contributed by atoms with Crippen molar-refractivity contribution in [2.45, 2.75) is 24.4 Å². The minimum Gasteiger partial charge on any atom is -0.465 e. The number of hydrogen-bond acceptors (Lipinski definition) is 6. The van der Waals surface area contributed by atoms with Crippen LogP contribution in [0.15, 0.2) is 59.8 Å². The molecule has 0 saturated carbocycles. The maximum atomic E-state index is 11.5. The fourth-order valence-corrected chi connectivity index (χ4v) is 4.97. The summed E-state index contributed by atoms with van der Waals surface area (Å²) in [5, 5.41) is 11.0. The van der Waals surface area contributed by atoms with Gasteiger partial charge in [-0.1, -0.05) is 42.1 Å². The lowest BCUT2D eigenvalue weighted by molar-refractivity contribution is 0.0600. The molecule has 142 valence electrons. The number of ether oxygens (including phenoxy) is 1. The lowest BCUT2D eigenvalue weighted by atomic mass is 10.1. The van der Waals surface area contributed by atoms with Crippen molar-refractivity contribution in [3.8, 4) is 10.7 Å². The molecule has 0 saturated heterocycles. The lowest BCUT2D eigenvalue weighted by Crippen LogP contribution is -2.01. The van der Waals surface area contributed by atoms with E-state index < -0.39 is 0 Å². The van der Waals surface area contributed by atoms with E-state index in [4.69, 9.17) is 4.74 Å². The summed E-state index contributed by atoms with van der Waals surface area (Å²) in [6.07, 6.45) is 0. The molecule has 0 aliphatic carbocycles. The summed E-state index contributed by atoms with van der Waals surface area (Å²) in [6, 6.07) is 18.0. The summed E-state index contributed by atoms with van der Waals surface area (Å²) < 4.78 is 8.14. The first-order chi connectivity index (χ1) is 13.7. The molecule has 2 aromatic heterocycles. The molecule has 0 radical (unpaired) electrons. The van der Waals surface area contributed by atoms with E-state index in [0.717, 1.165) is 33.7 Å². The predicted molar refractivity (Wildman–Crippen MR) is 114 cm³/mol. The van der Waals surface area contributed by atoms with Gasteiger partial charge in [-0.3, -0.25) is 0 Å². The van der Waals surface area contributed by atoms with Crippen molar-refractivity contribution in [1.29, 1.82) is 0 Å². The number of fused-ring (bicyclic) bond motifs is 1. The number of thiophene rings is 1. The van der Waals surface area contributed by atoms with Crippen molar-refractivity contribution in [3.63, 3.8) is 0 Å². The van der Waals surface area contributed by atoms with Crippen molar-refractivity contribution in [2.24, 2.45) is 0 Å². The highest BCUT2D eigenvalue weighted by Gasteiger charge is 2.15. The third-order valence-corrected chi connectivity index (χ3v) is 6.57. The highest BCUT2D eigenvalue weighted by molar-refractivity contribution is 7.98. The molecule has 4 aromatic rings. The van der Waals surface area contributed by atoms with E-state index >= 15 is 0 Å². The summed E-state index contributed by atoms with van der Waals surface area (Å²) in [6.45, 7) is 2.91. The number of aromatic nitrogens is 3. The maximum Gasteiger partial charge on any atom is 0.337 e. The van der Waals surface area contributed by atoms with Gasteiger partial charge in [-0.15, -0.1) is 21.5 Å². The quantitative estimate of drug-likeness (QED) is 0.321. The van der Waals surface area contributed by atoms with Crippen LogP contribution < -0.4 is 0 Å². The SMILES string of the molecule is CCn1c(SCc2ccc(C(=O)OC)cc2)nnc1-c1cc2ccccc2s1. The molecule has 4 rings (SSSR count). The fraction of sp³-hybridized carbons (Fsp3) is 0.190. The Morgan fingerprint density at radius 1 is 1.14 bits per heavy atom. The van der Waals surface area contributed by atoms with Crippen LogP contribution in [0.2, 0.25) is 0 Å². The molecular formula is C21H19N3O2S2. The number of esters is 1. The molecule has 7 heteroatoms. The number of carbonyl (C=O) groups is 1. The van der Waals surface area contributed by atoms with Gasteiger partial charge >= 0.3 is 5.97 Å². The van der Waals surface area contributed by atoms with E-state index in [1.165, 1.54) is 17.2 Å². The third kappa shape index (κ3) is 3.68. The van der Waals surface area contributed by atoms with Crippen LogP contribution >= 0.6 is 23.1 Å². The maximum absolute atomic E-state index is 11.5. The largest absolute Gasteiger partial charge is 0.465 e. The van der Waals surface area contributed by atoms with Crippen LogP contribution in [0.4, 0.5) is 0 Å². The standard InChI is InChI=1S/C21H19N3O2S2/c1-3-24-19(18-12-16-6-4-5-7-17(16)28-18)22-23-21(24)27-13-14-8-10-15(11-9-14)20(25)26-2/h4-12H,3,13H2,1-2H3. The summed E-state index contributed by atoms with van der Waals surface area (Å²) in [5.74, 6) is 1.34. The van der Waals surface area contributed by atoms with Crippen LogP contribution in [0.3, 0.4) is 0 Å². The summed E-state index contributed by atoms with van der Waals surface area (Å²) in [7, 11) is 1.39. The molecule has 0 amide bonds. The Morgan fingerprint density at radius 2 is 1.93 bits per heavy atom. The van der Waals surface area contributed by atoms with Crippen LogP contribution in [-0.2, 0) is 17.0 Å². The Hall–Kier alpha value is -2.64. The van der Waals surface area contributed by atoms with Gasteiger partial charge in [0.25, 0.3) is 0 Å². The minimum absolute atomic E-state index is 0.321. The number of nitrogens with zero attached hydrogens (tertiary/aromatic N) is 3. The van der Waals surface area contributed by atoms with Gasteiger partial charge in [0, 0.05) is 17.0 Å². The second kappa shape index (κ2) is 8.16. The average molecular weight is 410 g/mol. The van der Waals surface area contributed by atoms with E-state index in [9.17, 15) is 4.79 Å². The average Bonchev–Trinajstić information content (AvgIpc) is 3.35. The van der Waals surface area contributed by atoms with Gasteiger partial charge in [-0.05, 0) is 42.1 Å². The van der Waals surface area contributed by atoms with Crippen LogP contribution in [0.25, 0.3) is 20.8 Å². The van der Waals surface area contributed by atoms with Crippen LogP contribution in [0.5, 0.6) is 0 Å².